The summed E-state index contributed by atoms with van der Waals surface area (Å²) in [5.41, 5.74) is 0.146. The van der Waals surface area contributed by atoms with E-state index >= 15 is 4.39 Å². The third-order valence-electron chi connectivity index (χ3n) is 6.78. The number of pyridine rings is 1. The first-order valence-corrected chi connectivity index (χ1v) is 14.2. The van der Waals surface area contributed by atoms with Crippen molar-refractivity contribution in [2.75, 3.05) is 49.4 Å². The topological polar surface area (TPSA) is 136 Å². The van der Waals surface area contributed by atoms with Crippen LogP contribution in [0.25, 0.3) is 22.2 Å². The molecule has 0 spiro atoms. The number of benzene rings is 1. The van der Waals surface area contributed by atoms with Crippen LogP contribution in [0, 0.1) is 11.6 Å². The number of ketones is 1. The Morgan fingerprint density at radius 1 is 1.10 bits per heavy atom. The second-order valence-corrected chi connectivity index (χ2v) is 11.1. The van der Waals surface area contributed by atoms with E-state index in [0.29, 0.717) is 28.1 Å². The highest BCUT2D eigenvalue weighted by atomic mass is 32.2. The average molecular weight is 571 g/mol. The van der Waals surface area contributed by atoms with E-state index in [0.717, 1.165) is 49.0 Å². The van der Waals surface area contributed by atoms with Crippen LogP contribution in [0.3, 0.4) is 0 Å². The van der Waals surface area contributed by atoms with Gasteiger partial charge in [-0.1, -0.05) is 6.92 Å². The molecule has 5 rings (SSSR count). The molecule has 1 aliphatic heterocycles. The second-order valence-electron chi connectivity index (χ2n) is 9.32. The number of halogens is 2. The molecule has 0 aliphatic carbocycles. The molecule has 0 radical (unpaired) electrons. The van der Waals surface area contributed by atoms with Crippen molar-refractivity contribution < 1.29 is 22.0 Å². The minimum atomic E-state index is -4.10. The fraction of sp³-hybridized carbons (Fsp3) is 0.308. The van der Waals surface area contributed by atoms with Crippen molar-refractivity contribution in [1.29, 1.82) is 0 Å². The monoisotopic (exact) mass is 570 g/mol. The predicted molar refractivity (Wildman–Crippen MR) is 147 cm³/mol. The second kappa shape index (κ2) is 11.2. The highest BCUT2D eigenvalue weighted by molar-refractivity contribution is 7.90. The van der Waals surface area contributed by atoms with Crippen LogP contribution in [0.5, 0.6) is 0 Å². The van der Waals surface area contributed by atoms with Gasteiger partial charge in [-0.05, 0) is 31.2 Å². The van der Waals surface area contributed by atoms with Crippen LogP contribution < -0.4 is 14.9 Å². The summed E-state index contributed by atoms with van der Waals surface area (Å²) in [6.45, 7) is 5.16. The lowest BCUT2D eigenvalue weighted by atomic mass is 10.0. The SMILES string of the molecule is CCN(C)S(=O)(=O)Nc1ccc(F)c(C(=O)c2c[nH]c3ncc(-c4cnc(N5CCCNCC5)nc4)cc23)c1F. The number of H-pyrrole nitrogens is 1. The van der Waals surface area contributed by atoms with Crippen LogP contribution in [0.2, 0.25) is 0 Å². The number of aromatic amines is 1. The molecule has 1 saturated heterocycles. The fourth-order valence-corrected chi connectivity index (χ4v) is 5.32. The van der Waals surface area contributed by atoms with Crippen molar-refractivity contribution in [1.82, 2.24) is 29.6 Å². The summed E-state index contributed by atoms with van der Waals surface area (Å²) in [4.78, 5) is 31.7. The molecule has 1 aliphatic rings. The van der Waals surface area contributed by atoms with Crippen LogP contribution in [0.4, 0.5) is 20.4 Å². The van der Waals surface area contributed by atoms with Gasteiger partial charge in [-0.2, -0.15) is 12.7 Å². The van der Waals surface area contributed by atoms with Crippen LogP contribution in [-0.4, -0.2) is 78.2 Å². The normalized spacial score (nSPS) is 14.5. The highest BCUT2D eigenvalue weighted by Crippen LogP contribution is 2.29. The summed E-state index contributed by atoms with van der Waals surface area (Å²) in [7, 11) is -2.80. The van der Waals surface area contributed by atoms with Gasteiger partial charge in [-0.15, -0.1) is 0 Å². The van der Waals surface area contributed by atoms with Gasteiger partial charge in [0.05, 0.1) is 11.3 Å². The molecular weight excluding hydrogens is 542 g/mol. The number of carbonyl (C=O) groups is 1. The van der Waals surface area contributed by atoms with Gasteiger partial charge in [0.2, 0.25) is 11.7 Å². The Kier molecular flexibility index (Phi) is 7.74. The molecule has 4 heterocycles. The summed E-state index contributed by atoms with van der Waals surface area (Å²) >= 11 is 0. The third kappa shape index (κ3) is 5.37. The molecule has 4 aromatic rings. The van der Waals surface area contributed by atoms with E-state index in [4.69, 9.17) is 0 Å². The van der Waals surface area contributed by atoms with Crippen molar-refractivity contribution in [3.63, 3.8) is 0 Å². The van der Waals surface area contributed by atoms with Crippen LogP contribution in [0.1, 0.15) is 29.3 Å². The van der Waals surface area contributed by atoms with Gasteiger partial charge in [-0.25, -0.2) is 23.7 Å². The quantitative estimate of drug-likeness (QED) is 0.275. The van der Waals surface area contributed by atoms with Gasteiger partial charge in [0.25, 0.3) is 0 Å². The lowest BCUT2D eigenvalue weighted by molar-refractivity contribution is 0.103. The fourth-order valence-electron chi connectivity index (χ4n) is 4.39. The number of anilines is 2. The molecule has 0 atom stereocenters. The molecule has 0 bridgehead atoms. The van der Waals surface area contributed by atoms with Gasteiger partial charge >= 0.3 is 10.2 Å². The summed E-state index contributed by atoms with van der Waals surface area (Å²) in [6.07, 6.45) is 7.22. The molecule has 210 valence electrons. The first kappa shape index (κ1) is 27.6. The standard InChI is InChI=1S/C26H28F2N8O3S/c1-3-35(2)40(38,39)34-21-6-5-20(27)22(23(21)28)24(37)19-15-31-25-18(19)11-16(12-30-25)17-13-32-26(33-14-17)36-9-4-7-29-8-10-36/h5-6,11-15,29,34H,3-4,7-10H2,1-2H3,(H,30,31). The molecule has 1 fully saturated rings. The molecule has 1 aromatic carbocycles. The van der Waals surface area contributed by atoms with Gasteiger partial charge in [0.15, 0.2) is 5.82 Å². The smallest absolute Gasteiger partial charge is 0.301 e. The van der Waals surface area contributed by atoms with Crippen molar-refractivity contribution in [2.45, 2.75) is 13.3 Å². The Balaban J connectivity index is 1.47. The predicted octanol–water partition coefficient (Wildman–Crippen LogP) is 2.94. The molecule has 40 heavy (non-hydrogen) atoms. The number of fused-ring (bicyclic) bond motifs is 1. The molecule has 3 aromatic heterocycles. The first-order chi connectivity index (χ1) is 19.2. The average Bonchev–Trinajstić information content (AvgIpc) is 3.18. The Morgan fingerprint density at radius 2 is 1.85 bits per heavy atom. The van der Waals surface area contributed by atoms with Gasteiger partial charge in [0, 0.05) is 80.1 Å². The van der Waals surface area contributed by atoms with E-state index < -0.39 is 38.9 Å². The number of nitrogens with zero attached hydrogens (tertiary/aromatic N) is 5. The van der Waals surface area contributed by atoms with E-state index in [1.54, 1.807) is 31.6 Å². The first-order valence-electron chi connectivity index (χ1n) is 12.7. The van der Waals surface area contributed by atoms with Gasteiger partial charge in [0.1, 0.15) is 11.5 Å². The zero-order valence-electron chi connectivity index (χ0n) is 21.9. The minimum absolute atomic E-state index is 0.0255. The molecule has 14 heteroatoms. The molecule has 11 nitrogen and oxygen atoms in total. The summed E-state index contributed by atoms with van der Waals surface area (Å²) < 4.78 is 58.0. The molecule has 0 amide bonds. The zero-order chi connectivity index (χ0) is 28.4. The summed E-state index contributed by atoms with van der Waals surface area (Å²) in [6, 6.07) is 3.44. The number of carbonyl (C=O) groups excluding carboxylic acids is 1. The van der Waals surface area contributed by atoms with Crippen molar-refractivity contribution in [2.24, 2.45) is 0 Å². The molecule has 0 unspecified atom stereocenters. The molecule has 3 N–H and O–H groups in total. The Bertz CT molecular complexity index is 1650. The lowest BCUT2D eigenvalue weighted by Gasteiger charge is -2.19. The number of rotatable bonds is 8. The minimum Gasteiger partial charge on any atom is -0.345 e. The molecular formula is C26H28F2N8O3S. The van der Waals surface area contributed by atoms with Crippen LogP contribution in [-0.2, 0) is 10.2 Å². The van der Waals surface area contributed by atoms with E-state index in [2.05, 4.69) is 34.9 Å². The Morgan fingerprint density at radius 3 is 2.60 bits per heavy atom. The largest absolute Gasteiger partial charge is 0.345 e. The van der Waals surface area contributed by atoms with E-state index in [1.165, 1.54) is 13.2 Å². The molecule has 0 saturated carbocycles. The number of hydrogen-bond acceptors (Lipinski definition) is 8. The number of aromatic nitrogens is 4. The Hall–Kier alpha value is -4.01. The van der Waals surface area contributed by atoms with Crippen molar-refractivity contribution in [3.8, 4) is 11.1 Å². The third-order valence-corrected chi connectivity index (χ3v) is 8.34. The van der Waals surface area contributed by atoms with Crippen molar-refractivity contribution >= 4 is 38.7 Å². The zero-order valence-corrected chi connectivity index (χ0v) is 22.7. The maximum Gasteiger partial charge on any atom is 0.301 e. The van der Waals surface area contributed by atoms with E-state index in [1.807, 2.05) is 0 Å². The number of nitrogens with one attached hydrogen (secondary N) is 3. The van der Waals surface area contributed by atoms with Gasteiger partial charge < -0.3 is 15.2 Å². The maximum absolute atomic E-state index is 15.4. The van der Waals surface area contributed by atoms with Gasteiger partial charge in [-0.3, -0.25) is 9.52 Å². The van der Waals surface area contributed by atoms with Crippen molar-refractivity contribution in [3.05, 3.63) is 65.7 Å². The van der Waals surface area contributed by atoms with Crippen LogP contribution >= 0.6 is 0 Å². The number of hydrogen-bond donors (Lipinski definition) is 3. The summed E-state index contributed by atoms with van der Waals surface area (Å²) in [5.74, 6) is -2.79. The van der Waals surface area contributed by atoms with E-state index in [-0.39, 0.29) is 12.1 Å². The van der Waals surface area contributed by atoms with Crippen LogP contribution in [0.15, 0.2) is 43.0 Å². The maximum atomic E-state index is 15.4. The highest BCUT2D eigenvalue weighted by Gasteiger charge is 2.27. The van der Waals surface area contributed by atoms with E-state index in [9.17, 15) is 17.6 Å². The lowest BCUT2D eigenvalue weighted by Crippen LogP contribution is -2.32. The summed E-state index contributed by atoms with van der Waals surface area (Å²) in [5, 5.41) is 3.67. The Labute approximate surface area is 229 Å².